The molecule has 0 radical (unpaired) electrons. The van der Waals surface area contributed by atoms with Gasteiger partial charge in [-0.25, -0.2) is 0 Å². The second-order valence-electron chi connectivity index (χ2n) is 9.14. The number of rotatable bonds is 5. The van der Waals surface area contributed by atoms with Crippen molar-refractivity contribution in [2.45, 2.75) is 89.9 Å². The second kappa shape index (κ2) is 8.48. The molecule has 0 N–H and O–H groups in total. The van der Waals surface area contributed by atoms with Crippen molar-refractivity contribution in [1.82, 2.24) is 0 Å². The highest BCUT2D eigenvalue weighted by atomic mass is 14.5. The zero-order valence-electron chi connectivity index (χ0n) is 17.1. The maximum atomic E-state index is 10.1. The summed E-state index contributed by atoms with van der Waals surface area (Å²) in [6.45, 7) is 4.82. The first-order chi connectivity index (χ1) is 13.1. The van der Waals surface area contributed by atoms with E-state index in [-0.39, 0.29) is 5.41 Å². The highest BCUT2D eigenvalue weighted by molar-refractivity contribution is 5.39. The predicted octanol–water partition coefficient (Wildman–Crippen LogP) is 6.90. The molecular formula is C25H34N2. The van der Waals surface area contributed by atoms with Crippen LogP contribution in [0.2, 0.25) is 0 Å². The number of hydrogen-bond acceptors (Lipinski definition) is 2. The number of hydrogen-bond donors (Lipinski definition) is 0. The number of nitrogens with zero attached hydrogens (tertiary/aromatic N) is 2. The van der Waals surface area contributed by atoms with E-state index in [1.807, 2.05) is 24.3 Å². The summed E-state index contributed by atoms with van der Waals surface area (Å²) in [5.74, 6) is 1.58. The van der Waals surface area contributed by atoms with Gasteiger partial charge in [0.1, 0.15) is 0 Å². The molecule has 0 unspecified atom stereocenters. The Hall–Kier alpha value is -1.80. The van der Waals surface area contributed by atoms with Crippen LogP contribution in [0.25, 0.3) is 0 Å². The van der Waals surface area contributed by atoms with E-state index < -0.39 is 0 Å². The van der Waals surface area contributed by atoms with E-state index >= 15 is 0 Å². The third kappa shape index (κ3) is 3.78. The SMILES string of the molecule is CCC[C@@H](C)C1([C@H]2CC[C@](C#N)(c3ccc(C#N)cc3)CC2)CCCCC1. The van der Waals surface area contributed by atoms with Crippen molar-refractivity contribution in [3.8, 4) is 12.1 Å². The summed E-state index contributed by atoms with van der Waals surface area (Å²) in [6.07, 6.45) is 13.9. The van der Waals surface area contributed by atoms with Crippen molar-refractivity contribution in [2.75, 3.05) is 0 Å². The maximum absolute atomic E-state index is 10.1. The van der Waals surface area contributed by atoms with Crippen LogP contribution in [0.3, 0.4) is 0 Å². The quantitative estimate of drug-likeness (QED) is 0.572. The Labute approximate surface area is 165 Å². The minimum atomic E-state index is -0.353. The molecule has 2 nitrogen and oxygen atoms in total. The van der Waals surface area contributed by atoms with E-state index in [9.17, 15) is 5.26 Å². The molecule has 2 heteroatoms. The Morgan fingerprint density at radius 2 is 1.63 bits per heavy atom. The van der Waals surface area contributed by atoms with Gasteiger partial charge in [-0.3, -0.25) is 0 Å². The predicted molar refractivity (Wildman–Crippen MR) is 110 cm³/mol. The van der Waals surface area contributed by atoms with Gasteiger partial charge in [0.2, 0.25) is 0 Å². The van der Waals surface area contributed by atoms with Gasteiger partial charge in [0.05, 0.1) is 23.1 Å². The molecule has 27 heavy (non-hydrogen) atoms. The average Bonchev–Trinajstić information content (AvgIpc) is 2.74. The van der Waals surface area contributed by atoms with Crippen LogP contribution in [0.4, 0.5) is 0 Å². The first kappa shape index (κ1) is 19.9. The minimum absolute atomic E-state index is 0.353. The molecule has 1 atom stereocenters. The first-order valence-corrected chi connectivity index (χ1v) is 11.0. The van der Waals surface area contributed by atoms with Crippen molar-refractivity contribution in [2.24, 2.45) is 17.3 Å². The molecule has 0 aliphatic heterocycles. The lowest BCUT2D eigenvalue weighted by Crippen LogP contribution is -2.43. The van der Waals surface area contributed by atoms with Crippen molar-refractivity contribution < 1.29 is 0 Å². The van der Waals surface area contributed by atoms with Crippen LogP contribution in [0.1, 0.15) is 95.6 Å². The molecule has 0 heterocycles. The molecule has 2 saturated carbocycles. The smallest absolute Gasteiger partial charge is 0.0991 e. The van der Waals surface area contributed by atoms with Crippen LogP contribution < -0.4 is 0 Å². The van der Waals surface area contributed by atoms with Crippen molar-refractivity contribution >= 4 is 0 Å². The van der Waals surface area contributed by atoms with Crippen LogP contribution in [0.15, 0.2) is 24.3 Å². The van der Waals surface area contributed by atoms with Gasteiger partial charge < -0.3 is 0 Å². The van der Waals surface area contributed by atoms with Gasteiger partial charge in [0, 0.05) is 0 Å². The second-order valence-corrected chi connectivity index (χ2v) is 9.14. The summed E-state index contributed by atoms with van der Waals surface area (Å²) in [5, 5.41) is 19.1. The van der Waals surface area contributed by atoms with Crippen LogP contribution in [-0.4, -0.2) is 0 Å². The van der Waals surface area contributed by atoms with Crippen LogP contribution in [-0.2, 0) is 5.41 Å². The lowest BCUT2D eigenvalue weighted by Gasteiger charge is -2.51. The van der Waals surface area contributed by atoms with Crippen LogP contribution in [0, 0.1) is 39.9 Å². The van der Waals surface area contributed by atoms with Gasteiger partial charge in [-0.2, -0.15) is 10.5 Å². The molecule has 1 aromatic rings. The van der Waals surface area contributed by atoms with Crippen molar-refractivity contribution in [1.29, 1.82) is 10.5 Å². The first-order valence-electron chi connectivity index (χ1n) is 11.0. The molecule has 0 bridgehead atoms. The van der Waals surface area contributed by atoms with Crippen molar-refractivity contribution in [3.05, 3.63) is 35.4 Å². The highest BCUT2D eigenvalue weighted by Gasteiger charge is 2.47. The van der Waals surface area contributed by atoms with E-state index in [0.717, 1.165) is 30.2 Å². The average molecular weight is 363 g/mol. The van der Waals surface area contributed by atoms with E-state index in [1.165, 1.54) is 57.8 Å². The fourth-order valence-corrected chi connectivity index (χ4v) is 6.25. The number of benzene rings is 1. The molecule has 0 aromatic heterocycles. The number of nitriles is 2. The van der Waals surface area contributed by atoms with Gasteiger partial charge in [-0.1, -0.05) is 58.1 Å². The summed E-state index contributed by atoms with van der Waals surface area (Å²) >= 11 is 0. The van der Waals surface area contributed by atoms with Crippen LogP contribution >= 0.6 is 0 Å². The molecule has 2 fully saturated rings. The summed E-state index contributed by atoms with van der Waals surface area (Å²) in [7, 11) is 0. The zero-order chi connectivity index (χ0) is 19.3. The maximum Gasteiger partial charge on any atom is 0.0991 e. The monoisotopic (exact) mass is 362 g/mol. The Bertz CT molecular complexity index is 689. The molecule has 0 amide bonds. The fraction of sp³-hybridized carbons (Fsp3) is 0.680. The highest BCUT2D eigenvalue weighted by Crippen LogP contribution is 2.56. The topological polar surface area (TPSA) is 47.6 Å². The fourth-order valence-electron chi connectivity index (χ4n) is 6.25. The largest absolute Gasteiger partial charge is 0.197 e. The molecule has 2 aliphatic rings. The molecule has 144 valence electrons. The summed E-state index contributed by atoms with van der Waals surface area (Å²) in [4.78, 5) is 0. The Morgan fingerprint density at radius 1 is 1.00 bits per heavy atom. The molecule has 0 saturated heterocycles. The van der Waals surface area contributed by atoms with Gasteiger partial charge in [-0.15, -0.1) is 0 Å². The van der Waals surface area contributed by atoms with E-state index in [1.54, 1.807) is 0 Å². The lowest BCUT2D eigenvalue weighted by atomic mass is 9.53. The zero-order valence-corrected chi connectivity index (χ0v) is 17.1. The van der Waals surface area contributed by atoms with Crippen LogP contribution in [0.5, 0.6) is 0 Å². The summed E-state index contributed by atoms with van der Waals surface area (Å²) in [6, 6.07) is 12.6. The van der Waals surface area contributed by atoms with Gasteiger partial charge in [-0.05, 0) is 73.5 Å². The van der Waals surface area contributed by atoms with E-state index in [4.69, 9.17) is 5.26 Å². The minimum Gasteiger partial charge on any atom is -0.197 e. The normalized spacial score (nSPS) is 28.7. The van der Waals surface area contributed by atoms with Gasteiger partial charge >= 0.3 is 0 Å². The third-order valence-corrected chi connectivity index (χ3v) is 7.92. The standard InChI is InChI=1S/C25H34N2/c1-3-7-20(2)25(14-5-4-6-15-25)23-12-16-24(19-27,17-13-23)22-10-8-21(18-26)9-11-22/h8-11,20,23H,3-7,12-17H2,1-2H3/t20-,23-,24-/m1/s1. The van der Waals surface area contributed by atoms with Gasteiger partial charge in [0.25, 0.3) is 0 Å². The summed E-state index contributed by atoms with van der Waals surface area (Å²) in [5.41, 5.74) is 1.95. The van der Waals surface area contributed by atoms with E-state index in [2.05, 4.69) is 26.0 Å². The Kier molecular flexibility index (Phi) is 6.26. The molecular weight excluding hydrogens is 328 g/mol. The Balaban J connectivity index is 1.79. The third-order valence-electron chi connectivity index (χ3n) is 7.92. The molecule has 0 spiro atoms. The summed E-state index contributed by atoms with van der Waals surface area (Å²) < 4.78 is 0. The Morgan fingerprint density at radius 3 is 2.15 bits per heavy atom. The molecule has 1 aromatic carbocycles. The van der Waals surface area contributed by atoms with Gasteiger partial charge in [0.15, 0.2) is 0 Å². The molecule has 2 aliphatic carbocycles. The molecule has 3 rings (SSSR count). The van der Waals surface area contributed by atoms with Crippen molar-refractivity contribution in [3.63, 3.8) is 0 Å². The van der Waals surface area contributed by atoms with E-state index in [0.29, 0.717) is 11.0 Å². The lowest BCUT2D eigenvalue weighted by molar-refractivity contribution is 0.0000338.